The molecule has 3 fully saturated rings. The van der Waals surface area contributed by atoms with E-state index in [4.69, 9.17) is 4.74 Å². The minimum absolute atomic E-state index is 0.651. The fourth-order valence-corrected chi connectivity index (χ4v) is 4.25. The van der Waals surface area contributed by atoms with Crippen molar-refractivity contribution in [1.82, 2.24) is 15.1 Å². The van der Waals surface area contributed by atoms with Crippen molar-refractivity contribution < 1.29 is 4.74 Å². The highest BCUT2D eigenvalue weighted by Crippen LogP contribution is 2.23. The van der Waals surface area contributed by atoms with Gasteiger partial charge in [0.2, 0.25) is 0 Å². The summed E-state index contributed by atoms with van der Waals surface area (Å²) < 4.78 is 5.69. The minimum atomic E-state index is 0.651. The van der Waals surface area contributed by atoms with Gasteiger partial charge in [0.25, 0.3) is 0 Å². The molecular weight excluding hydrogens is 250 g/mol. The van der Waals surface area contributed by atoms with Gasteiger partial charge in [0.05, 0.1) is 6.61 Å². The molecule has 3 rings (SSSR count). The maximum absolute atomic E-state index is 5.69. The summed E-state index contributed by atoms with van der Waals surface area (Å²) in [7, 11) is 2.10. The summed E-state index contributed by atoms with van der Waals surface area (Å²) in [5.74, 6) is 0.675. The van der Waals surface area contributed by atoms with E-state index in [1.165, 1.54) is 64.8 Å². The Labute approximate surface area is 123 Å². The number of ether oxygens (including phenoxy) is 1. The van der Waals surface area contributed by atoms with Gasteiger partial charge in [0.1, 0.15) is 0 Å². The van der Waals surface area contributed by atoms with Crippen molar-refractivity contribution in [1.29, 1.82) is 0 Å². The molecule has 0 aromatic rings. The first-order valence-corrected chi connectivity index (χ1v) is 8.58. The van der Waals surface area contributed by atoms with Gasteiger partial charge in [-0.25, -0.2) is 0 Å². The maximum Gasteiger partial charge on any atom is 0.0521 e. The van der Waals surface area contributed by atoms with Crippen LogP contribution in [-0.2, 0) is 4.74 Å². The van der Waals surface area contributed by atoms with E-state index in [9.17, 15) is 0 Å². The van der Waals surface area contributed by atoms with Gasteiger partial charge in [-0.1, -0.05) is 6.42 Å². The molecule has 116 valence electrons. The van der Waals surface area contributed by atoms with Gasteiger partial charge < -0.3 is 15.0 Å². The number of hydrogen-bond donors (Lipinski definition) is 1. The smallest absolute Gasteiger partial charge is 0.0521 e. The largest absolute Gasteiger partial charge is 0.381 e. The van der Waals surface area contributed by atoms with Crippen molar-refractivity contribution in [2.24, 2.45) is 5.92 Å². The second-order valence-corrected chi connectivity index (χ2v) is 6.82. The molecule has 0 radical (unpaired) electrons. The Balaban J connectivity index is 1.47. The van der Waals surface area contributed by atoms with Crippen LogP contribution in [0.3, 0.4) is 0 Å². The number of likely N-dealkylation sites (tertiary alicyclic amines) is 2. The van der Waals surface area contributed by atoms with E-state index in [0.29, 0.717) is 12.0 Å². The van der Waals surface area contributed by atoms with Gasteiger partial charge in [0, 0.05) is 37.7 Å². The van der Waals surface area contributed by atoms with Gasteiger partial charge >= 0.3 is 0 Å². The first-order valence-electron chi connectivity index (χ1n) is 8.58. The second kappa shape index (κ2) is 7.21. The second-order valence-electron chi connectivity index (χ2n) is 6.82. The Bertz CT molecular complexity index is 293. The highest BCUT2D eigenvalue weighted by atomic mass is 16.5. The van der Waals surface area contributed by atoms with Crippen molar-refractivity contribution in [3.63, 3.8) is 0 Å². The molecule has 0 amide bonds. The van der Waals surface area contributed by atoms with Crippen LogP contribution in [0.4, 0.5) is 0 Å². The molecule has 3 aliphatic heterocycles. The van der Waals surface area contributed by atoms with Crippen LogP contribution in [0.15, 0.2) is 0 Å². The molecule has 4 heteroatoms. The van der Waals surface area contributed by atoms with Gasteiger partial charge in [-0.2, -0.15) is 0 Å². The van der Waals surface area contributed by atoms with Crippen molar-refractivity contribution >= 4 is 0 Å². The Morgan fingerprint density at radius 1 is 1.10 bits per heavy atom. The molecular formula is C16H31N3O. The quantitative estimate of drug-likeness (QED) is 0.837. The number of piperidine rings is 1. The van der Waals surface area contributed by atoms with Gasteiger partial charge in [-0.15, -0.1) is 0 Å². The van der Waals surface area contributed by atoms with Gasteiger partial charge in [0.15, 0.2) is 0 Å². The third-order valence-electron chi connectivity index (χ3n) is 5.49. The van der Waals surface area contributed by atoms with Crippen molar-refractivity contribution in [2.45, 2.75) is 44.2 Å². The van der Waals surface area contributed by atoms with Crippen LogP contribution in [-0.4, -0.2) is 74.9 Å². The summed E-state index contributed by atoms with van der Waals surface area (Å²) in [6.07, 6.45) is 6.81. The van der Waals surface area contributed by atoms with E-state index >= 15 is 0 Å². The summed E-state index contributed by atoms with van der Waals surface area (Å²) >= 11 is 0. The average molecular weight is 281 g/mol. The predicted molar refractivity (Wildman–Crippen MR) is 82.0 cm³/mol. The standard InChI is InChI=1S/C16H31N3O/c1-17-16-6-10-20-13-14(16)11-18-9-5-15(12-18)19-7-3-2-4-8-19/h14-17H,2-13H2,1H3. The summed E-state index contributed by atoms with van der Waals surface area (Å²) in [4.78, 5) is 5.43. The van der Waals surface area contributed by atoms with Crippen molar-refractivity contribution in [3.05, 3.63) is 0 Å². The zero-order valence-electron chi connectivity index (χ0n) is 13.0. The lowest BCUT2D eigenvalue weighted by Crippen LogP contribution is -2.47. The Kier molecular flexibility index (Phi) is 5.32. The molecule has 0 spiro atoms. The lowest BCUT2D eigenvalue weighted by atomic mass is 9.95. The molecule has 4 nitrogen and oxygen atoms in total. The van der Waals surface area contributed by atoms with Gasteiger partial charge in [-0.3, -0.25) is 4.90 Å². The number of hydrogen-bond acceptors (Lipinski definition) is 4. The predicted octanol–water partition coefficient (Wildman–Crippen LogP) is 1.17. The topological polar surface area (TPSA) is 27.7 Å². The average Bonchev–Trinajstić information content (AvgIpc) is 2.97. The number of nitrogens with one attached hydrogen (secondary N) is 1. The van der Waals surface area contributed by atoms with E-state index in [-0.39, 0.29) is 0 Å². The Hall–Kier alpha value is -0.160. The third-order valence-corrected chi connectivity index (χ3v) is 5.49. The summed E-state index contributed by atoms with van der Waals surface area (Å²) in [6.45, 7) is 8.33. The highest BCUT2D eigenvalue weighted by molar-refractivity contribution is 4.88. The maximum atomic E-state index is 5.69. The molecule has 3 saturated heterocycles. The fraction of sp³-hybridized carbons (Fsp3) is 1.00. The van der Waals surface area contributed by atoms with E-state index in [1.807, 2.05) is 0 Å². The molecule has 0 aromatic heterocycles. The summed E-state index contributed by atoms with van der Waals surface area (Å²) in [5.41, 5.74) is 0. The van der Waals surface area contributed by atoms with Crippen LogP contribution >= 0.6 is 0 Å². The van der Waals surface area contributed by atoms with E-state index in [2.05, 4.69) is 22.2 Å². The third kappa shape index (κ3) is 3.53. The number of rotatable bonds is 4. The zero-order chi connectivity index (χ0) is 13.8. The molecule has 0 saturated carbocycles. The SMILES string of the molecule is CNC1CCOCC1CN1CCC(N2CCCCC2)C1. The number of nitrogens with zero attached hydrogens (tertiary/aromatic N) is 2. The molecule has 3 atom stereocenters. The molecule has 3 aliphatic rings. The minimum Gasteiger partial charge on any atom is -0.381 e. The van der Waals surface area contributed by atoms with Crippen molar-refractivity contribution in [3.8, 4) is 0 Å². The summed E-state index contributed by atoms with van der Waals surface area (Å²) in [5, 5.41) is 3.49. The molecule has 0 aliphatic carbocycles. The summed E-state index contributed by atoms with van der Waals surface area (Å²) in [6, 6.07) is 1.48. The first kappa shape index (κ1) is 14.8. The first-order chi connectivity index (χ1) is 9.86. The van der Waals surface area contributed by atoms with E-state index < -0.39 is 0 Å². The van der Waals surface area contributed by atoms with E-state index in [1.54, 1.807) is 0 Å². The molecule has 1 N–H and O–H groups in total. The highest BCUT2D eigenvalue weighted by Gasteiger charge is 2.32. The fourth-order valence-electron chi connectivity index (χ4n) is 4.25. The van der Waals surface area contributed by atoms with Crippen LogP contribution in [0.25, 0.3) is 0 Å². The zero-order valence-corrected chi connectivity index (χ0v) is 13.0. The van der Waals surface area contributed by atoms with E-state index in [0.717, 1.165) is 19.3 Å². The van der Waals surface area contributed by atoms with Crippen LogP contribution in [0.2, 0.25) is 0 Å². The molecule has 20 heavy (non-hydrogen) atoms. The normalized spacial score (nSPS) is 37.4. The molecule has 3 heterocycles. The molecule has 3 unspecified atom stereocenters. The Morgan fingerprint density at radius 3 is 2.75 bits per heavy atom. The lowest BCUT2D eigenvalue weighted by Gasteiger charge is -2.35. The lowest BCUT2D eigenvalue weighted by molar-refractivity contribution is 0.0203. The van der Waals surface area contributed by atoms with Gasteiger partial charge in [-0.05, 0) is 52.4 Å². The Morgan fingerprint density at radius 2 is 1.95 bits per heavy atom. The van der Waals surface area contributed by atoms with Crippen LogP contribution in [0.5, 0.6) is 0 Å². The molecule has 0 aromatic carbocycles. The van der Waals surface area contributed by atoms with Crippen LogP contribution < -0.4 is 5.32 Å². The molecule has 0 bridgehead atoms. The van der Waals surface area contributed by atoms with Crippen molar-refractivity contribution in [2.75, 3.05) is 53.0 Å². The van der Waals surface area contributed by atoms with Crippen LogP contribution in [0, 0.1) is 5.92 Å². The monoisotopic (exact) mass is 281 g/mol. The van der Waals surface area contributed by atoms with Crippen LogP contribution in [0.1, 0.15) is 32.1 Å².